The Balaban J connectivity index is 1.48. The summed E-state index contributed by atoms with van der Waals surface area (Å²) < 4.78 is 0. The lowest BCUT2D eigenvalue weighted by Gasteiger charge is -2.09. The summed E-state index contributed by atoms with van der Waals surface area (Å²) in [4.78, 5) is 29.7. The molecule has 1 aromatic heterocycles. The van der Waals surface area contributed by atoms with Crippen LogP contribution >= 0.6 is 11.3 Å². The molecule has 1 aliphatic rings. The van der Waals surface area contributed by atoms with Crippen molar-refractivity contribution >= 4 is 34.1 Å². The number of urea groups is 1. The zero-order valence-corrected chi connectivity index (χ0v) is 16.6. The minimum atomic E-state index is -0.254. The quantitative estimate of drug-likeness (QED) is 0.669. The molecule has 0 radical (unpaired) electrons. The van der Waals surface area contributed by atoms with Gasteiger partial charge in [-0.05, 0) is 43.4 Å². The number of nitrogens with zero attached hydrogens (tertiary/aromatic N) is 1. The molecule has 1 aliphatic carbocycles. The number of thiazole rings is 1. The molecule has 0 saturated heterocycles. The van der Waals surface area contributed by atoms with Gasteiger partial charge in [-0.2, -0.15) is 0 Å². The molecule has 1 aromatic carbocycles. The van der Waals surface area contributed by atoms with E-state index in [9.17, 15) is 9.59 Å². The van der Waals surface area contributed by atoms with Crippen molar-refractivity contribution in [1.29, 1.82) is 0 Å². The summed E-state index contributed by atoms with van der Waals surface area (Å²) >= 11 is 1.59. The van der Waals surface area contributed by atoms with Crippen LogP contribution in [0.5, 0.6) is 0 Å². The minimum absolute atomic E-state index is 0.0119. The van der Waals surface area contributed by atoms with Crippen molar-refractivity contribution in [2.45, 2.75) is 52.5 Å². The zero-order valence-electron chi connectivity index (χ0n) is 15.8. The Morgan fingerprint density at radius 3 is 2.56 bits per heavy atom. The predicted molar refractivity (Wildman–Crippen MR) is 109 cm³/mol. The van der Waals surface area contributed by atoms with E-state index < -0.39 is 0 Å². The average molecular weight is 387 g/mol. The van der Waals surface area contributed by atoms with E-state index in [2.05, 4.69) is 20.9 Å². The number of rotatable bonds is 5. The number of nitrogens with one attached hydrogen (secondary N) is 3. The van der Waals surface area contributed by atoms with Gasteiger partial charge in [-0.15, -0.1) is 11.3 Å². The molecule has 3 amide bonds. The molecule has 3 rings (SSSR count). The molecular weight excluding hydrogens is 360 g/mol. The van der Waals surface area contributed by atoms with Crippen LogP contribution in [0.2, 0.25) is 0 Å². The molecule has 0 unspecified atom stereocenters. The largest absolute Gasteiger partial charge is 0.334 e. The summed E-state index contributed by atoms with van der Waals surface area (Å²) in [5, 5.41) is 9.21. The summed E-state index contributed by atoms with van der Waals surface area (Å²) in [5.74, 6) is -0.0713. The average Bonchev–Trinajstić information content (AvgIpc) is 2.89. The Bertz CT molecular complexity index is 775. The lowest BCUT2D eigenvalue weighted by molar-refractivity contribution is -0.118. The monoisotopic (exact) mass is 386 g/mol. The number of amides is 3. The molecule has 0 spiro atoms. The second-order valence-corrected chi connectivity index (χ2v) is 8.18. The van der Waals surface area contributed by atoms with Crippen molar-refractivity contribution < 1.29 is 9.59 Å². The van der Waals surface area contributed by atoms with Gasteiger partial charge >= 0.3 is 6.03 Å². The van der Waals surface area contributed by atoms with Gasteiger partial charge in [0.05, 0.1) is 5.69 Å². The molecule has 27 heavy (non-hydrogen) atoms. The third kappa shape index (κ3) is 5.53. The number of fused-ring (bicyclic) bond motifs is 1. The van der Waals surface area contributed by atoms with Crippen LogP contribution in [0.1, 0.15) is 49.2 Å². The molecule has 1 heterocycles. The number of aryl methyl sites for hydroxylation is 2. The van der Waals surface area contributed by atoms with Gasteiger partial charge in [0.15, 0.2) is 5.13 Å². The first-order chi connectivity index (χ1) is 13.0. The molecular formula is C20H26N4O2S. The maximum Gasteiger partial charge on any atom is 0.321 e. The predicted octanol–water partition coefficient (Wildman–Crippen LogP) is 4.33. The van der Waals surface area contributed by atoms with Gasteiger partial charge in [0.1, 0.15) is 0 Å². The van der Waals surface area contributed by atoms with Crippen molar-refractivity contribution in [1.82, 2.24) is 10.3 Å². The molecule has 0 fully saturated rings. The van der Waals surface area contributed by atoms with Gasteiger partial charge in [-0.3, -0.25) is 10.1 Å². The first-order valence-corrected chi connectivity index (χ1v) is 10.3. The zero-order chi connectivity index (χ0) is 19.2. The van der Waals surface area contributed by atoms with E-state index >= 15 is 0 Å². The Kier molecular flexibility index (Phi) is 6.45. The van der Waals surface area contributed by atoms with Crippen molar-refractivity contribution in [2.75, 3.05) is 10.6 Å². The molecule has 7 heteroatoms. The van der Waals surface area contributed by atoms with E-state index in [-0.39, 0.29) is 17.9 Å². The third-order valence-electron chi connectivity index (χ3n) is 4.52. The third-order valence-corrected chi connectivity index (χ3v) is 5.59. The number of carbonyl (C=O) groups excluding carboxylic acids is 2. The van der Waals surface area contributed by atoms with Gasteiger partial charge in [0.2, 0.25) is 5.91 Å². The van der Waals surface area contributed by atoms with E-state index in [1.807, 2.05) is 38.1 Å². The summed E-state index contributed by atoms with van der Waals surface area (Å²) in [7, 11) is 0. The Morgan fingerprint density at radius 1 is 1.07 bits per heavy atom. The summed E-state index contributed by atoms with van der Waals surface area (Å²) in [5.41, 5.74) is 2.86. The van der Waals surface area contributed by atoms with Crippen molar-refractivity contribution in [2.24, 2.45) is 5.92 Å². The number of hydrogen-bond acceptors (Lipinski definition) is 4. The highest BCUT2D eigenvalue weighted by Gasteiger charge is 2.15. The van der Waals surface area contributed by atoms with Gasteiger partial charge in [0.25, 0.3) is 0 Å². The highest BCUT2D eigenvalue weighted by atomic mass is 32.1. The highest BCUT2D eigenvalue weighted by molar-refractivity contribution is 7.15. The molecule has 3 N–H and O–H groups in total. The van der Waals surface area contributed by atoms with Gasteiger partial charge in [-0.1, -0.05) is 32.4 Å². The number of hydrogen-bond donors (Lipinski definition) is 3. The van der Waals surface area contributed by atoms with Crippen LogP contribution in [0.3, 0.4) is 0 Å². The van der Waals surface area contributed by atoms with Gasteiger partial charge in [0, 0.05) is 23.0 Å². The summed E-state index contributed by atoms with van der Waals surface area (Å²) in [6.07, 6.45) is 5.71. The van der Waals surface area contributed by atoms with Crippen molar-refractivity contribution in [3.05, 3.63) is 40.4 Å². The molecule has 144 valence electrons. The number of carbonyl (C=O) groups is 2. The fourth-order valence-electron chi connectivity index (χ4n) is 2.90. The molecule has 0 atom stereocenters. The molecule has 0 bridgehead atoms. The van der Waals surface area contributed by atoms with Crippen molar-refractivity contribution in [3.8, 4) is 0 Å². The highest BCUT2D eigenvalue weighted by Crippen LogP contribution is 2.28. The Hall–Kier alpha value is -2.41. The summed E-state index contributed by atoms with van der Waals surface area (Å²) in [6, 6.07) is 7.21. The van der Waals surface area contributed by atoms with E-state index in [1.165, 1.54) is 24.1 Å². The summed E-state index contributed by atoms with van der Waals surface area (Å²) in [6.45, 7) is 4.12. The first kappa shape index (κ1) is 19.4. The SMILES string of the molecule is CC(C)C(=O)Nc1ccc(CNC(=O)Nc2nc3c(s2)CCCCC3)cc1. The second-order valence-electron chi connectivity index (χ2n) is 7.10. The maximum atomic E-state index is 12.1. The normalized spacial score (nSPS) is 13.6. The van der Waals surface area contributed by atoms with Crippen molar-refractivity contribution in [3.63, 3.8) is 0 Å². The lowest BCUT2D eigenvalue weighted by Crippen LogP contribution is -2.28. The van der Waals surface area contributed by atoms with Crippen LogP contribution in [0, 0.1) is 5.92 Å². The maximum absolute atomic E-state index is 12.1. The smallest absolute Gasteiger partial charge is 0.321 e. The number of benzene rings is 1. The Labute approximate surface area is 163 Å². The standard InChI is InChI=1S/C20H26N4O2S/c1-13(2)18(25)22-15-10-8-14(9-11-15)12-21-19(26)24-20-23-16-6-4-3-5-7-17(16)27-20/h8-11,13H,3-7,12H2,1-2H3,(H,22,25)(H2,21,23,24,26). The minimum Gasteiger partial charge on any atom is -0.334 e. The lowest BCUT2D eigenvalue weighted by atomic mass is 10.1. The van der Waals surface area contributed by atoms with Crippen LogP contribution in [0.25, 0.3) is 0 Å². The van der Waals surface area contributed by atoms with Crippen LogP contribution in [-0.2, 0) is 24.2 Å². The first-order valence-electron chi connectivity index (χ1n) is 9.44. The number of anilines is 2. The fourth-order valence-corrected chi connectivity index (χ4v) is 3.94. The van der Waals surface area contributed by atoms with Crippen LogP contribution < -0.4 is 16.0 Å². The van der Waals surface area contributed by atoms with Crippen LogP contribution in [-0.4, -0.2) is 16.9 Å². The van der Waals surface area contributed by atoms with E-state index in [0.29, 0.717) is 11.7 Å². The molecule has 2 aromatic rings. The van der Waals surface area contributed by atoms with Crippen LogP contribution in [0.15, 0.2) is 24.3 Å². The fraction of sp³-hybridized carbons (Fsp3) is 0.450. The topological polar surface area (TPSA) is 83.1 Å². The second kappa shape index (κ2) is 8.99. The molecule has 0 aliphatic heterocycles. The van der Waals surface area contributed by atoms with Gasteiger partial charge < -0.3 is 10.6 Å². The van der Waals surface area contributed by atoms with E-state index in [1.54, 1.807) is 11.3 Å². The molecule has 0 saturated carbocycles. The van der Waals surface area contributed by atoms with E-state index in [4.69, 9.17) is 0 Å². The van der Waals surface area contributed by atoms with Crippen LogP contribution in [0.4, 0.5) is 15.6 Å². The number of aromatic nitrogens is 1. The Morgan fingerprint density at radius 2 is 1.81 bits per heavy atom. The molecule has 6 nitrogen and oxygen atoms in total. The van der Waals surface area contributed by atoms with E-state index in [0.717, 1.165) is 29.8 Å². The van der Waals surface area contributed by atoms with Gasteiger partial charge in [-0.25, -0.2) is 9.78 Å².